The first-order chi connectivity index (χ1) is 11.6. The number of hydrogen-bond donors (Lipinski definition) is 2. The largest absolute Gasteiger partial charge is 0.379 e. The minimum absolute atomic E-state index is 0.0120. The molecule has 0 atom stereocenters. The maximum absolute atomic E-state index is 11.7. The minimum atomic E-state index is 0.0120. The van der Waals surface area contributed by atoms with Crippen molar-refractivity contribution in [3.05, 3.63) is 0 Å². The third-order valence-electron chi connectivity index (χ3n) is 3.99. The first kappa shape index (κ1) is 20.7. The second kappa shape index (κ2) is 13.0. The molecule has 0 saturated carbocycles. The lowest BCUT2D eigenvalue weighted by Crippen LogP contribution is -2.41. The van der Waals surface area contributed by atoms with E-state index < -0.39 is 0 Å². The fourth-order valence-electron chi connectivity index (χ4n) is 2.38. The number of ether oxygens (including phenoxy) is 1. The molecular formula is C17H35N5O2. The fraction of sp³-hybridized carbons (Fsp3) is 0.882. The standard InChI is InChI=1S/C17H35N5O2/c1-4-5-6-8-18-17(20-15-16(23)21(2)3)19-9-7-10-22-11-13-24-14-12-22/h4-15H2,1-3H3,(H2,18,19,20). The van der Waals surface area contributed by atoms with E-state index in [0.717, 1.165) is 64.7 Å². The van der Waals surface area contributed by atoms with Gasteiger partial charge in [0.05, 0.1) is 13.2 Å². The Bertz CT molecular complexity index is 368. The lowest BCUT2D eigenvalue weighted by atomic mass is 10.2. The maximum Gasteiger partial charge on any atom is 0.243 e. The first-order valence-corrected chi connectivity index (χ1v) is 9.16. The van der Waals surface area contributed by atoms with Crippen molar-refractivity contribution < 1.29 is 9.53 Å². The Labute approximate surface area is 146 Å². The third kappa shape index (κ3) is 9.72. The molecule has 1 rings (SSSR count). The molecule has 1 saturated heterocycles. The summed E-state index contributed by atoms with van der Waals surface area (Å²) in [4.78, 5) is 20.1. The van der Waals surface area contributed by atoms with Gasteiger partial charge < -0.3 is 20.3 Å². The summed E-state index contributed by atoms with van der Waals surface area (Å²) in [5.41, 5.74) is 0. The number of morpholine rings is 1. The number of carbonyl (C=O) groups is 1. The van der Waals surface area contributed by atoms with Crippen LogP contribution < -0.4 is 10.6 Å². The molecule has 7 nitrogen and oxygen atoms in total. The number of carbonyl (C=O) groups excluding carboxylic acids is 1. The number of guanidine groups is 1. The molecule has 0 aliphatic carbocycles. The number of unbranched alkanes of at least 4 members (excludes halogenated alkanes) is 2. The zero-order valence-electron chi connectivity index (χ0n) is 15.6. The van der Waals surface area contributed by atoms with Gasteiger partial charge in [0, 0.05) is 40.3 Å². The Balaban J connectivity index is 2.30. The van der Waals surface area contributed by atoms with Gasteiger partial charge in [0.1, 0.15) is 6.54 Å². The summed E-state index contributed by atoms with van der Waals surface area (Å²) in [5.74, 6) is 0.751. The molecule has 0 aromatic carbocycles. The van der Waals surface area contributed by atoms with E-state index >= 15 is 0 Å². The quantitative estimate of drug-likeness (QED) is 0.344. The molecule has 7 heteroatoms. The van der Waals surface area contributed by atoms with Crippen LogP contribution in [0.2, 0.25) is 0 Å². The molecule has 0 unspecified atom stereocenters. The predicted octanol–water partition coefficient (Wildman–Crippen LogP) is 0.522. The Kier molecular flexibility index (Phi) is 11.2. The summed E-state index contributed by atoms with van der Waals surface area (Å²) in [5, 5.41) is 6.66. The monoisotopic (exact) mass is 341 g/mol. The molecule has 1 aliphatic rings. The molecule has 0 aromatic rings. The molecule has 1 amide bonds. The lowest BCUT2D eigenvalue weighted by molar-refractivity contribution is -0.127. The smallest absolute Gasteiger partial charge is 0.243 e. The van der Waals surface area contributed by atoms with E-state index in [-0.39, 0.29) is 12.5 Å². The van der Waals surface area contributed by atoms with Gasteiger partial charge in [0.15, 0.2) is 5.96 Å². The van der Waals surface area contributed by atoms with Crippen LogP contribution in [0.25, 0.3) is 0 Å². The maximum atomic E-state index is 11.7. The molecule has 0 radical (unpaired) electrons. The summed E-state index contributed by atoms with van der Waals surface area (Å²) >= 11 is 0. The Hall–Kier alpha value is -1.34. The minimum Gasteiger partial charge on any atom is -0.379 e. The number of aliphatic imine (C=N–C) groups is 1. The van der Waals surface area contributed by atoms with Crippen molar-refractivity contribution in [2.45, 2.75) is 32.6 Å². The normalized spacial score (nSPS) is 16.0. The molecule has 140 valence electrons. The number of hydrogen-bond acceptors (Lipinski definition) is 4. The highest BCUT2D eigenvalue weighted by molar-refractivity contribution is 5.84. The summed E-state index contributed by atoms with van der Waals surface area (Å²) < 4.78 is 5.36. The molecule has 0 bridgehead atoms. The Morgan fingerprint density at radius 3 is 2.42 bits per heavy atom. The summed E-state index contributed by atoms with van der Waals surface area (Å²) in [7, 11) is 3.50. The molecule has 2 N–H and O–H groups in total. The van der Waals surface area contributed by atoms with Gasteiger partial charge in [-0.1, -0.05) is 19.8 Å². The van der Waals surface area contributed by atoms with Gasteiger partial charge in [-0.05, 0) is 19.4 Å². The van der Waals surface area contributed by atoms with Gasteiger partial charge in [0.25, 0.3) is 0 Å². The van der Waals surface area contributed by atoms with Crippen LogP contribution in [0.3, 0.4) is 0 Å². The van der Waals surface area contributed by atoms with Crippen LogP contribution in [-0.2, 0) is 9.53 Å². The molecular weight excluding hydrogens is 306 g/mol. The second-order valence-corrected chi connectivity index (χ2v) is 6.32. The van der Waals surface area contributed by atoms with Crippen molar-refractivity contribution in [1.82, 2.24) is 20.4 Å². The molecule has 0 aromatic heterocycles. The van der Waals surface area contributed by atoms with Crippen molar-refractivity contribution in [1.29, 1.82) is 0 Å². The number of likely N-dealkylation sites (N-methyl/N-ethyl adjacent to an activating group) is 1. The van der Waals surface area contributed by atoms with E-state index in [1.54, 1.807) is 19.0 Å². The van der Waals surface area contributed by atoms with Crippen LogP contribution in [0.15, 0.2) is 4.99 Å². The molecule has 1 aliphatic heterocycles. The van der Waals surface area contributed by atoms with E-state index in [2.05, 4.69) is 27.4 Å². The molecule has 1 heterocycles. The number of rotatable bonds is 10. The SMILES string of the molecule is CCCCCNC(=NCC(=O)N(C)C)NCCCN1CCOCC1. The highest BCUT2D eigenvalue weighted by Gasteiger charge is 2.09. The van der Waals surface area contributed by atoms with E-state index in [9.17, 15) is 4.79 Å². The number of nitrogens with one attached hydrogen (secondary N) is 2. The topological polar surface area (TPSA) is 69.2 Å². The van der Waals surface area contributed by atoms with Crippen LogP contribution in [0.1, 0.15) is 32.6 Å². The fourth-order valence-corrected chi connectivity index (χ4v) is 2.38. The van der Waals surface area contributed by atoms with Crippen LogP contribution in [-0.4, -0.2) is 88.2 Å². The zero-order chi connectivity index (χ0) is 17.6. The van der Waals surface area contributed by atoms with Crippen LogP contribution >= 0.6 is 0 Å². The van der Waals surface area contributed by atoms with Crippen molar-refractivity contribution in [2.24, 2.45) is 4.99 Å². The summed E-state index contributed by atoms with van der Waals surface area (Å²) in [6.45, 7) is 8.90. The number of nitrogens with zero attached hydrogens (tertiary/aromatic N) is 3. The molecule has 1 fully saturated rings. The van der Waals surface area contributed by atoms with Crippen molar-refractivity contribution >= 4 is 11.9 Å². The zero-order valence-corrected chi connectivity index (χ0v) is 15.6. The average Bonchev–Trinajstić information content (AvgIpc) is 2.59. The van der Waals surface area contributed by atoms with Crippen LogP contribution in [0.4, 0.5) is 0 Å². The summed E-state index contributed by atoms with van der Waals surface area (Å²) in [6, 6.07) is 0. The van der Waals surface area contributed by atoms with E-state index in [1.807, 2.05) is 0 Å². The lowest BCUT2D eigenvalue weighted by Gasteiger charge is -2.26. The van der Waals surface area contributed by atoms with Gasteiger partial charge in [-0.2, -0.15) is 0 Å². The predicted molar refractivity (Wildman–Crippen MR) is 98.4 cm³/mol. The van der Waals surface area contributed by atoms with Crippen molar-refractivity contribution in [3.63, 3.8) is 0 Å². The number of amides is 1. The van der Waals surface area contributed by atoms with Gasteiger partial charge in [-0.3, -0.25) is 9.69 Å². The van der Waals surface area contributed by atoms with Crippen molar-refractivity contribution in [3.8, 4) is 0 Å². The molecule has 24 heavy (non-hydrogen) atoms. The van der Waals surface area contributed by atoms with Gasteiger partial charge in [0.2, 0.25) is 5.91 Å². The molecule has 0 spiro atoms. The highest BCUT2D eigenvalue weighted by Crippen LogP contribution is 1.97. The summed E-state index contributed by atoms with van der Waals surface area (Å²) in [6.07, 6.45) is 4.57. The Morgan fingerprint density at radius 2 is 1.79 bits per heavy atom. The third-order valence-corrected chi connectivity index (χ3v) is 3.99. The van der Waals surface area contributed by atoms with E-state index in [4.69, 9.17) is 4.74 Å². The second-order valence-electron chi connectivity index (χ2n) is 6.32. The van der Waals surface area contributed by atoms with Gasteiger partial charge >= 0.3 is 0 Å². The highest BCUT2D eigenvalue weighted by atomic mass is 16.5. The first-order valence-electron chi connectivity index (χ1n) is 9.16. The van der Waals surface area contributed by atoms with Gasteiger partial charge in [-0.15, -0.1) is 0 Å². The van der Waals surface area contributed by atoms with Crippen LogP contribution in [0.5, 0.6) is 0 Å². The van der Waals surface area contributed by atoms with E-state index in [1.165, 1.54) is 12.8 Å². The Morgan fingerprint density at radius 1 is 1.12 bits per heavy atom. The van der Waals surface area contributed by atoms with Gasteiger partial charge in [-0.25, -0.2) is 4.99 Å². The average molecular weight is 342 g/mol. The van der Waals surface area contributed by atoms with Crippen LogP contribution in [0, 0.1) is 0 Å². The van der Waals surface area contributed by atoms with Crippen molar-refractivity contribution in [2.75, 3.05) is 66.6 Å². The van der Waals surface area contributed by atoms with E-state index in [0.29, 0.717) is 0 Å².